The molecule has 0 spiro atoms. The molecule has 0 unspecified atom stereocenters. The second kappa shape index (κ2) is 8.25. The maximum Gasteiger partial charge on any atom is 0.449 e. The van der Waals surface area contributed by atoms with Crippen molar-refractivity contribution in [2.24, 2.45) is 0 Å². The Bertz CT molecular complexity index is 992. The summed E-state index contributed by atoms with van der Waals surface area (Å²) in [5, 5.41) is 1.52. The van der Waals surface area contributed by atoms with Crippen molar-refractivity contribution < 1.29 is 35.9 Å². The summed E-state index contributed by atoms with van der Waals surface area (Å²) >= 11 is 0.942. The molecule has 11 heteroatoms. The normalized spacial score (nSPS) is 12.9. The van der Waals surface area contributed by atoms with Crippen LogP contribution < -0.4 is 0 Å². The third-order valence-corrected chi connectivity index (χ3v) is 6.09. The van der Waals surface area contributed by atoms with Crippen molar-refractivity contribution in [3.63, 3.8) is 0 Å². The SMILES string of the molecule is CN(C)S(=O)(=O)c1ccc(C(=O)OC(=CC(=O)c2cccs2)C(F)(F)F)cc1. The van der Waals surface area contributed by atoms with Crippen LogP contribution in [0.25, 0.3) is 0 Å². The molecule has 0 atom stereocenters. The van der Waals surface area contributed by atoms with Gasteiger partial charge in [0.05, 0.1) is 15.3 Å². The second-order valence-corrected chi connectivity index (χ2v) is 8.65. The van der Waals surface area contributed by atoms with E-state index in [1.807, 2.05) is 0 Å². The van der Waals surface area contributed by atoms with Crippen LogP contribution in [0.3, 0.4) is 0 Å². The number of carbonyl (C=O) groups excluding carboxylic acids is 2. The number of rotatable bonds is 6. The molecular weight excluding hydrogens is 419 g/mol. The molecule has 28 heavy (non-hydrogen) atoms. The predicted molar refractivity (Wildman–Crippen MR) is 95.5 cm³/mol. The van der Waals surface area contributed by atoms with Crippen LogP contribution in [0.5, 0.6) is 0 Å². The minimum atomic E-state index is -5.07. The standard InChI is InChI=1S/C17H14F3NO5S2/c1-21(2)28(24,25)12-7-5-11(6-8-12)16(23)26-15(17(18,19)20)10-13(22)14-4-3-9-27-14/h3-10H,1-2H3. The van der Waals surface area contributed by atoms with E-state index in [9.17, 15) is 31.2 Å². The number of allylic oxidation sites excluding steroid dienone is 2. The number of thiophene rings is 1. The smallest absolute Gasteiger partial charge is 0.418 e. The highest BCUT2D eigenvalue weighted by molar-refractivity contribution is 7.89. The van der Waals surface area contributed by atoms with E-state index in [-0.39, 0.29) is 21.4 Å². The van der Waals surface area contributed by atoms with Gasteiger partial charge in [0.25, 0.3) is 0 Å². The Morgan fingerprint density at radius 3 is 2.18 bits per heavy atom. The molecule has 150 valence electrons. The Balaban J connectivity index is 2.26. The fourth-order valence-electron chi connectivity index (χ4n) is 1.91. The number of ether oxygens (including phenoxy) is 1. The van der Waals surface area contributed by atoms with E-state index >= 15 is 0 Å². The average molecular weight is 433 g/mol. The monoisotopic (exact) mass is 433 g/mol. The highest BCUT2D eigenvalue weighted by Gasteiger charge is 2.38. The lowest BCUT2D eigenvalue weighted by Crippen LogP contribution is -2.22. The van der Waals surface area contributed by atoms with Gasteiger partial charge in [-0.25, -0.2) is 17.5 Å². The lowest BCUT2D eigenvalue weighted by atomic mass is 10.2. The lowest BCUT2D eigenvalue weighted by molar-refractivity contribution is -0.122. The number of nitrogens with zero attached hydrogens (tertiary/aromatic N) is 1. The Kier molecular flexibility index (Phi) is 6.42. The van der Waals surface area contributed by atoms with Gasteiger partial charge in [0.15, 0.2) is 5.78 Å². The van der Waals surface area contributed by atoms with E-state index in [1.165, 1.54) is 31.6 Å². The Morgan fingerprint density at radius 1 is 1.11 bits per heavy atom. The third kappa shape index (κ3) is 5.06. The van der Waals surface area contributed by atoms with Crippen LogP contribution in [0.15, 0.2) is 58.5 Å². The summed E-state index contributed by atoms with van der Waals surface area (Å²) in [5.41, 5.74) is -0.309. The molecule has 1 aromatic carbocycles. The zero-order valence-electron chi connectivity index (χ0n) is 14.6. The number of hydrogen-bond donors (Lipinski definition) is 0. The fraction of sp³-hybridized carbons (Fsp3) is 0.176. The van der Waals surface area contributed by atoms with Crippen molar-refractivity contribution in [3.8, 4) is 0 Å². The molecule has 0 bridgehead atoms. The van der Waals surface area contributed by atoms with Gasteiger partial charge in [0.2, 0.25) is 15.8 Å². The molecule has 0 saturated carbocycles. The molecule has 0 aliphatic heterocycles. The van der Waals surface area contributed by atoms with Crippen LogP contribution in [-0.2, 0) is 14.8 Å². The molecular formula is C17H14F3NO5S2. The van der Waals surface area contributed by atoms with Gasteiger partial charge in [-0.05, 0) is 35.7 Å². The molecule has 0 amide bonds. The summed E-state index contributed by atoms with van der Waals surface area (Å²) in [6.07, 6.45) is -4.87. The second-order valence-electron chi connectivity index (χ2n) is 5.55. The molecule has 0 saturated heterocycles. The highest BCUT2D eigenvalue weighted by atomic mass is 32.2. The zero-order valence-corrected chi connectivity index (χ0v) is 16.2. The van der Waals surface area contributed by atoms with E-state index in [0.29, 0.717) is 0 Å². The molecule has 0 aliphatic carbocycles. The molecule has 2 rings (SSSR count). The molecule has 1 heterocycles. The predicted octanol–water partition coefficient (Wildman–Crippen LogP) is 3.48. The number of alkyl halides is 3. The van der Waals surface area contributed by atoms with Crippen LogP contribution in [0.1, 0.15) is 20.0 Å². The summed E-state index contributed by atoms with van der Waals surface area (Å²) in [4.78, 5) is 23.8. The number of sulfonamides is 1. The number of halogens is 3. The highest BCUT2D eigenvalue weighted by Crippen LogP contribution is 2.28. The topological polar surface area (TPSA) is 80.8 Å². The molecule has 0 fully saturated rings. The maximum absolute atomic E-state index is 13.1. The molecule has 1 aromatic heterocycles. The van der Waals surface area contributed by atoms with Crippen molar-refractivity contribution >= 4 is 33.1 Å². The first-order valence-electron chi connectivity index (χ1n) is 7.54. The van der Waals surface area contributed by atoms with Gasteiger partial charge >= 0.3 is 12.1 Å². The largest absolute Gasteiger partial charge is 0.449 e. The fourth-order valence-corrected chi connectivity index (χ4v) is 3.45. The molecule has 6 nitrogen and oxygen atoms in total. The number of hydrogen-bond acceptors (Lipinski definition) is 6. The van der Waals surface area contributed by atoms with Gasteiger partial charge in [-0.3, -0.25) is 4.79 Å². The minimum absolute atomic E-state index is 0.0519. The van der Waals surface area contributed by atoms with Gasteiger partial charge < -0.3 is 4.74 Å². The van der Waals surface area contributed by atoms with Crippen LogP contribution in [-0.4, -0.2) is 44.7 Å². The first-order valence-corrected chi connectivity index (χ1v) is 9.86. The Labute approximate surface area is 162 Å². The first kappa shape index (κ1) is 21.8. The van der Waals surface area contributed by atoms with E-state index < -0.39 is 33.7 Å². The van der Waals surface area contributed by atoms with Gasteiger partial charge in [-0.2, -0.15) is 13.2 Å². The van der Waals surface area contributed by atoms with Crippen molar-refractivity contribution in [1.82, 2.24) is 4.31 Å². The van der Waals surface area contributed by atoms with E-state index in [0.717, 1.165) is 39.9 Å². The number of benzene rings is 1. The van der Waals surface area contributed by atoms with Crippen LogP contribution in [0.2, 0.25) is 0 Å². The van der Waals surface area contributed by atoms with Crippen molar-refractivity contribution in [2.75, 3.05) is 14.1 Å². The Morgan fingerprint density at radius 2 is 1.71 bits per heavy atom. The zero-order chi connectivity index (χ0) is 21.1. The van der Waals surface area contributed by atoms with Crippen molar-refractivity contribution in [2.45, 2.75) is 11.1 Å². The number of carbonyl (C=O) groups is 2. The van der Waals surface area contributed by atoms with Crippen molar-refractivity contribution in [1.29, 1.82) is 0 Å². The Hall–Kier alpha value is -2.50. The summed E-state index contributed by atoms with van der Waals surface area (Å²) in [5.74, 6) is -4.10. The number of esters is 1. The molecule has 0 N–H and O–H groups in total. The minimum Gasteiger partial charge on any atom is -0.418 e. The van der Waals surface area contributed by atoms with Crippen LogP contribution >= 0.6 is 11.3 Å². The van der Waals surface area contributed by atoms with Gasteiger partial charge in [0, 0.05) is 20.2 Å². The molecule has 2 aromatic rings. The third-order valence-electron chi connectivity index (χ3n) is 3.38. The summed E-state index contributed by atoms with van der Waals surface area (Å²) in [6, 6.07) is 7.01. The lowest BCUT2D eigenvalue weighted by Gasteiger charge is -2.13. The van der Waals surface area contributed by atoms with Gasteiger partial charge in [0.1, 0.15) is 0 Å². The van der Waals surface area contributed by atoms with E-state index in [1.54, 1.807) is 0 Å². The van der Waals surface area contributed by atoms with Crippen molar-refractivity contribution in [3.05, 3.63) is 64.1 Å². The summed E-state index contributed by atoms with van der Waals surface area (Å²) in [6.45, 7) is 0. The van der Waals surface area contributed by atoms with E-state index in [2.05, 4.69) is 4.74 Å². The molecule has 0 radical (unpaired) electrons. The van der Waals surface area contributed by atoms with Gasteiger partial charge in [-0.15, -0.1) is 11.3 Å². The first-order chi connectivity index (χ1) is 12.9. The van der Waals surface area contributed by atoms with Gasteiger partial charge in [-0.1, -0.05) is 6.07 Å². The van der Waals surface area contributed by atoms with Crippen LogP contribution in [0, 0.1) is 0 Å². The maximum atomic E-state index is 13.1. The molecule has 0 aliphatic rings. The van der Waals surface area contributed by atoms with Crippen LogP contribution in [0.4, 0.5) is 13.2 Å². The summed E-state index contributed by atoms with van der Waals surface area (Å²) < 4.78 is 68.6. The average Bonchev–Trinajstić information content (AvgIpc) is 3.15. The quantitative estimate of drug-likeness (QED) is 0.302. The summed E-state index contributed by atoms with van der Waals surface area (Å²) in [7, 11) is -1.14. The van der Waals surface area contributed by atoms with E-state index in [4.69, 9.17) is 0 Å². The number of ketones is 1.